The molecule has 18 heavy (non-hydrogen) atoms. The Bertz CT molecular complexity index is 414. The Morgan fingerprint density at radius 3 is 2.56 bits per heavy atom. The molecule has 0 aliphatic heterocycles. The molecule has 0 aromatic heterocycles. The number of carbonyl (C=O) groups is 1. The second-order valence-electron chi connectivity index (χ2n) is 4.62. The van der Waals surface area contributed by atoms with E-state index in [9.17, 15) is 4.79 Å². The quantitative estimate of drug-likeness (QED) is 0.839. The van der Waals surface area contributed by atoms with Crippen LogP contribution in [0, 0.1) is 0 Å². The van der Waals surface area contributed by atoms with Crippen molar-refractivity contribution in [2.24, 2.45) is 0 Å². The van der Waals surface area contributed by atoms with Crippen LogP contribution in [0.15, 0.2) is 18.2 Å². The number of rotatable bonds is 5. The molecular formula is C14H21NO3. The van der Waals surface area contributed by atoms with E-state index >= 15 is 0 Å². The van der Waals surface area contributed by atoms with Crippen molar-refractivity contribution in [1.82, 2.24) is 5.32 Å². The van der Waals surface area contributed by atoms with Crippen molar-refractivity contribution in [2.75, 3.05) is 7.11 Å². The minimum Gasteiger partial charge on any atom is -0.496 e. The fourth-order valence-electron chi connectivity index (χ4n) is 1.68. The van der Waals surface area contributed by atoms with Gasteiger partial charge in [0.2, 0.25) is 5.91 Å². The van der Waals surface area contributed by atoms with Gasteiger partial charge in [-0.3, -0.25) is 4.79 Å². The number of nitrogens with one attached hydrogen (secondary N) is 1. The van der Waals surface area contributed by atoms with Crippen molar-refractivity contribution >= 4 is 5.91 Å². The number of aliphatic hydroxyl groups excluding tert-OH is 1. The van der Waals surface area contributed by atoms with Crippen LogP contribution in [0.2, 0.25) is 0 Å². The largest absolute Gasteiger partial charge is 0.496 e. The Morgan fingerprint density at radius 1 is 1.39 bits per heavy atom. The van der Waals surface area contributed by atoms with Crippen molar-refractivity contribution in [1.29, 1.82) is 0 Å². The van der Waals surface area contributed by atoms with Crippen LogP contribution in [-0.4, -0.2) is 24.2 Å². The third-order valence-corrected chi connectivity index (χ3v) is 2.76. The molecule has 4 nitrogen and oxygen atoms in total. The zero-order valence-electron chi connectivity index (χ0n) is 11.4. The van der Waals surface area contributed by atoms with E-state index in [0.717, 1.165) is 16.9 Å². The molecule has 2 N–H and O–H groups in total. The fourth-order valence-corrected chi connectivity index (χ4v) is 1.68. The number of ether oxygens (including phenoxy) is 1. The first-order valence-corrected chi connectivity index (χ1v) is 6.08. The summed E-state index contributed by atoms with van der Waals surface area (Å²) in [6.07, 6.45) is -0.979. The van der Waals surface area contributed by atoms with E-state index < -0.39 is 6.10 Å². The van der Waals surface area contributed by atoms with Gasteiger partial charge in [-0.25, -0.2) is 0 Å². The molecule has 0 spiro atoms. The standard InChI is InChI=1S/C14H21NO3/c1-9(2)12-7-11(5-6-13(12)18-4)8-15-14(17)10(3)16/h5-7,9-10,16H,8H2,1-4H3,(H,15,17). The van der Waals surface area contributed by atoms with Crippen LogP contribution in [0.25, 0.3) is 0 Å². The van der Waals surface area contributed by atoms with E-state index in [1.807, 2.05) is 18.2 Å². The Balaban J connectivity index is 2.79. The lowest BCUT2D eigenvalue weighted by molar-refractivity contribution is -0.128. The van der Waals surface area contributed by atoms with Gasteiger partial charge in [0, 0.05) is 6.54 Å². The molecule has 0 saturated heterocycles. The second kappa shape index (κ2) is 6.40. The van der Waals surface area contributed by atoms with Crippen LogP contribution < -0.4 is 10.1 Å². The molecule has 0 radical (unpaired) electrons. The van der Waals surface area contributed by atoms with Crippen molar-refractivity contribution < 1.29 is 14.6 Å². The van der Waals surface area contributed by atoms with Gasteiger partial charge < -0.3 is 15.2 Å². The molecule has 1 aromatic carbocycles. The molecule has 4 heteroatoms. The van der Waals surface area contributed by atoms with E-state index in [2.05, 4.69) is 19.2 Å². The number of aliphatic hydroxyl groups is 1. The van der Waals surface area contributed by atoms with Crippen LogP contribution in [-0.2, 0) is 11.3 Å². The number of hydrogen-bond acceptors (Lipinski definition) is 3. The van der Waals surface area contributed by atoms with Crippen LogP contribution in [0.1, 0.15) is 37.8 Å². The number of carbonyl (C=O) groups excluding carboxylic acids is 1. The van der Waals surface area contributed by atoms with Gasteiger partial charge in [0.25, 0.3) is 0 Å². The summed E-state index contributed by atoms with van der Waals surface area (Å²) < 4.78 is 5.30. The zero-order valence-corrected chi connectivity index (χ0v) is 11.4. The maximum Gasteiger partial charge on any atom is 0.248 e. The van der Waals surface area contributed by atoms with Gasteiger partial charge in [0.1, 0.15) is 11.9 Å². The highest BCUT2D eigenvalue weighted by Crippen LogP contribution is 2.27. The third kappa shape index (κ3) is 3.74. The van der Waals surface area contributed by atoms with Crippen LogP contribution in [0.3, 0.4) is 0 Å². The fraction of sp³-hybridized carbons (Fsp3) is 0.500. The smallest absolute Gasteiger partial charge is 0.248 e. The van der Waals surface area contributed by atoms with Gasteiger partial charge in [-0.1, -0.05) is 26.0 Å². The average Bonchev–Trinajstić information content (AvgIpc) is 2.35. The van der Waals surface area contributed by atoms with Crippen LogP contribution in [0.4, 0.5) is 0 Å². The highest BCUT2D eigenvalue weighted by molar-refractivity contribution is 5.79. The van der Waals surface area contributed by atoms with Gasteiger partial charge in [-0.15, -0.1) is 0 Å². The molecule has 1 aromatic rings. The molecule has 0 bridgehead atoms. The molecule has 0 aliphatic carbocycles. The van der Waals surface area contributed by atoms with Gasteiger partial charge >= 0.3 is 0 Å². The molecular weight excluding hydrogens is 230 g/mol. The van der Waals surface area contributed by atoms with Gasteiger partial charge in [-0.05, 0) is 30.0 Å². The van der Waals surface area contributed by atoms with Crippen LogP contribution in [0.5, 0.6) is 5.75 Å². The zero-order chi connectivity index (χ0) is 13.7. The minimum absolute atomic E-state index is 0.354. The summed E-state index contributed by atoms with van der Waals surface area (Å²) in [4.78, 5) is 11.3. The topological polar surface area (TPSA) is 58.6 Å². The predicted octanol–water partition coefficient (Wildman–Crippen LogP) is 1.82. The summed E-state index contributed by atoms with van der Waals surface area (Å²) in [6, 6.07) is 5.83. The van der Waals surface area contributed by atoms with Crippen LogP contribution >= 0.6 is 0 Å². The molecule has 1 rings (SSSR count). The summed E-state index contributed by atoms with van der Waals surface area (Å²) in [7, 11) is 1.65. The Kier molecular flexibility index (Phi) is 5.16. The summed E-state index contributed by atoms with van der Waals surface area (Å²) >= 11 is 0. The normalized spacial score (nSPS) is 12.3. The number of benzene rings is 1. The highest BCUT2D eigenvalue weighted by atomic mass is 16.5. The summed E-state index contributed by atoms with van der Waals surface area (Å²) in [5.41, 5.74) is 2.11. The van der Waals surface area contributed by atoms with E-state index in [4.69, 9.17) is 9.84 Å². The second-order valence-corrected chi connectivity index (χ2v) is 4.62. The molecule has 0 fully saturated rings. The van der Waals surface area contributed by atoms with Gasteiger partial charge in [-0.2, -0.15) is 0 Å². The Hall–Kier alpha value is -1.55. The van der Waals surface area contributed by atoms with Crippen molar-refractivity contribution in [2.45, 2.75) is 39.3 Å². The van der Waals surface area contributed by atoms with E-state index in [0.29, 0.717) is 12.5 Å². The Labute approximate surface area is 108 Å². The van der Waals surface area contributed by atoms with Crippen molar-refractivity contribution in [3.8, 4) is 5.75 Å². The van der Waals surface area contributed by atoms with Gasteiger partial charge in [0.15, 0.2) is 0 Å². The maximum atomic E-state index is 11.3. The van der Waals surface area contributed by atoms with Gasteiger partial charge in [0.05, 0.1) is 7.11 Å². The van der Waals surface area contributed by atoms with Crippen molar-refractivity contribution in [3.63, 3.8) is 0 Å². The highest BCUT2D eigenvalue weighted by Gasteiger charge is 2.10. The SMILES string of the molecule is COc1ccc(CNC(=O)C(C)O)cc1C(C)C. The number of methoxy groups -OCH3 is 1. The average molecular weight is 251 g/mol. The van der Waals surface area contributed by atoms with Crippen molar-refractivity contribution in [3.05, 3.63) is 29.3 Å². The molecule has 0 saturated carbocycles. The first-order chi connectivity index (χ1) is 8.45. The lowest BCUT2D eigenvalue weighted by Gasteiger charge is -2.14. The predicted molar refractivity (Wildman–Crippen MR) is 70.6 cm³/mol. The van der Waals surface area contributed by atoms with E-state index in [1.165, 1.54) is 6.92 Å². The molecule has 1 amide bonds. The Morgan fingerprint density at radius 2 is 2.06 bits per heavy atom. The third-order valence-electron chi connectivity index (χ3n) is 2.76. The molecule has 100 valence electrons. The lowest BCUT2D eigenvalue weighted by Crippen LogP contribution is -2.31. The number of hydrogen-bond donors (Lipinski definition) is 2. The van der Waals surface area contributed by atoms with E-state index in [1.54, 1.807) is 7.11 Å². The molecule has 0 aliphatic rings. The summed E-state index contributed by atoms with van der Waals surface area (Å²) in [5.74, 6) is 0.847. The van der Waals surface area contributed by atoms with E-state index in [-0.39, 0.29) is 5.91 Å². The monoisotopic (exact) mass is 251 g/mol. The molecule has 0 heterocycles. The summed E-state index contributed by atoms with van der Waals surface area (Å²) in [5, 5.41) is 11.8. The first-order valence-electron chi connectivity index (χ1n) is 6.08. The summed E-state index contributed by atoms with van der Waals surface area (Å²) in [6.45, 7) is 6.04. The maximum absolute atomic E-state index is 11.3. The molecule has 1 atom stereocenters. The number of amides is 1. The molecule has 1 unspecified atom stereocenters. The minimum atomic E-state index is -0.979. The first kappa shape index (κ1) is 14.5. The lowest BCUT2D eigenvalue weighted by atomic mass is 9.99.